The van der Waals surface area contributed by atoms with Crippen molar-refractivity contribution in [3.63, 3.8) is 0 Å². The van der Waals surface area contributed by atoms with E-state index in [1.165, 1.54) is 17.4 Å². The summed E-state index contributed by atoms with van der Waals surface area (Å²) in [5.74, 6) is 1.30. The van der Waals surface area contributed by atoms with Crippen molar-refractivity contribution in [1.29, 1.82) is 0 Å². The Bertz CT molecular complexity index is 593. The van der Waals surface area contributed by atoms with Crippen LogP contribution in [-0.2, 0) is 14.3 Å². The Hall–Kier alpha value is -1.73. The number of morpholine rings is 1. The van der Waals surface area contributed by atoms with Crippen LogP contribution in [0.4, 0.5) is 5.69 Å². The molecular weight excluding hydrogens is 350 g/mol. The number of ether oxygens (including phenoxy) is 1. The Morgan fingerprint density at radius 2 is 1.88 bits per heavy atom. The van der Waals surface area contributed by atoms with Crippen molar-refractivity contribution >= 4 is 29.3 Å². The third-order valence-electron chi connectivity index (χ3n) is 4.82. The van der Waals surface area contributed by atoms with Gasteiger partial charge in [-0.15, -0.1) is 11.8 Å². The second-order valence-corrected chi connectivity index (χ2v) is 7.71. The van der Waals surface area contributed by atoms with E-state index in [0.717, 1.165) is 19.5 Å². The van der Waals surface area contributed by atoms with Crippen molar-refractivity contribution in [1.82, 2.24) is 10.2 Å². The highest BCUT2D eigenvalue weighted by Gasteiger charge is 2.23. The molecule has 1 aromatic rings. The molecule has 2 aliphatic rings. The van der Waals surface area contributed by atoms with Crippen molar-refractivity contribution in [2.75, 3.05) is 62.3 Å². The zero-order valence-corrected chi connectivity index (χ0v) is 15.9. The summed E-state index contributed by atoms with van der Waals surface area (Å²) in [5, 5.41) is 3.02. The Morgan fingerprint density at radius 1 is 1.12 bits per heavy atom. The minimum atomic E-state index is 0.0166. The highest BCUT2D eigenvalue weighted by molar-refractivity contribution is 8.00. The fourth-order valence-corrected chi connectivity index (χ4v) is 4.06. The molecule has 2 saturated heterocycles. The Labute approximate surface area is 159 Å². The first-order valence-electron chi connectivity index (χ1n) is 9.22. The second-order valence-electron chi connectivity index (χ2n) is 6.73. The van der Waals surface area contributed by atoms with Gasteiger partial charge in [-0.2, -0.15) is 0 Å². The van der Waals surface area contributed by atoms with Gasteiger partial charge in [0.15, 0.2) is 0 Å². The molecule has 0 bridgehead atoms. The van der Waals surface area contributed by atoms with E-state index >= 15 is 0 Å². The van der Waals surface area contributed by atoms with Gasteiger partial charge in [-0.1, -0.05) is 18.2 Å². The van der Waals surface area contributed by atoms with Crippen LogP contribution < -0.4 is 10.2 Å². The summed E-state index contributed by atoms with van der Waals surface area (Å²) in [6.07, 6.45) is 1.10. The second kappa shape index (κ2) is 9.83. The molecule has 0 aliphatic carbocycles. The predicted octanol–water partition coefficient (Wildman–Crippen LogP) is 1.22. The van der Waals surface area contributed by atoms with Crippen molar-refractivity contribution < 1.29 is 14.3 Å². The van der Waals surface area contributed by atoms with Gasteiger partial charge in [0.1, 0.15) is 0 Å². The highest BCUT2D eigenvalue weighted by Crippen LogP contribution is 2.22. The number of para-hydroxylation sites is 1. The largest absolute Gasteiger partial charge is 0.378 e. The van der Waals surface area contributed by atoms with Gasteiger partial charge >= 0.3 is 0 Å². The molecule has 0 radical (unpaired) electrons. The minimum Gasteiger partial charge on any atom is -0.378 e. The first-order chi connectivity index (χ1) is 12.7. The van der Waals surface area contributed by atoms with Gasteiger partial charge in [0, 0.05) is 38.4 Å². The van der Waals surface area contributed by atoms with Gasteiger partial charge < -0.3 is 19.9 Å². The van der Waals surface area contributed by atoms with Crippen LogP contribution >= 0.6 is 11.8 Å². The van der Waals surface area contributed by atoms with E-state index in [0.29, 0.717) is 50.3 Å². The standard InChI is InChI=1S/C19H27N3O3S/c23-18(14-26-15-19(24)21-8-10-25-11-9-21)20-12-16-6-7-22(13-16)17-4-2-1-3-5-17/h1-5,16H,6-15H2,(H,20,23). The van der Waals surface area contributed by atoms with Crippen molar-refractivity contribution in [2.45, 2.75) is 6.42 Å². The summed E-state index contributed by atoms with van der Waals surface area (Å²) in [5.41, 5.74) is 1.25. The summed E-state index contributed by atoms with van der Waals surface area (Å²) in [6.45, 7) is 5.26. The molecule has 7 heteroatoms. The smallest absolute Gasteiger partial charge is 0.232 e. The van der Waals surface area contributed by atoms with Gasteiger partial charge in [-0.05, 0) is 24.5 Å². The fraction of sp³-hybridized carbons (Fsp3) is 0.579. The van der Waals surface area contributed by atoms with Crippen molar-refractivity contribution in [2.24, 2.45) is 5.92 Å². The van der Waals surface area contributed by atoms with E-state index in [1.54, 1.807) is 0 Å². The Kier molecular flexibility index (Phi) is 7.20. The first-order valence-corrected chi connectivity index (χ1v) is 10.4. The lowest BCUT2D eigenvalue weighted by Crippen LogP contribution is -2.41. The number of amides is 2. The molecule has 1 aromatic carbocycles. The SMILES string of the molecule is O=C(CSCC(=O)N1CCOCC1)NCC1CCN(c2ccccc2)C1. The van der Waals surface area contributed by atoms with Gasteiger partial charge in [0.05, 0.1) is 24.7 Å². The van der Waals surface area contributed by atoms with Crippen LogP contribution in [0.15, 0.2) is 30.3 Å². The molecule has 0 spiro atoms. The lowest BCUT2D eigenvalue weighted by atomic mass is 10.1. The van der Waals surface area contributed by atoms with E-state index in [1.807, 2.05) is 11.0 Å². The third kappa shape index (κ3) is 5.64. The zero-order chi connectivity index (χ0) is 18.2. The van der Waals surface area contributed by atoms with Crippen LogP contribution in [0.2, 0.25) is 0 Å². The predicted molar refractivity (Wildman–Crippen MR) is 104 cm³/mol. The maximum atomic E-state index is 12.0. The molecule has 26 heavy (non-hydrogen) atoms. The third-order valence-corrected chi connectivity index (χ3v) is 5.73. The normalized spacial score (nSPS) is 20.2. The van der Waals surface area contributed by atoms with Crippen LogP contribution in [0.25, 0.3) is 0 Å². The average molecular weight is 378 g/mol. The molecule has 0 aromatic heterocycles. The van der Waals surface area contributed by atoms with E-state index in [2.05, 4.69) is 34.5 Å². The molecule has 2 heterocycles. The van der Waals surface area contributed by atoms with Crippen molar-refractivity contribution in [3.05, 3.63) is 30.3 Å². The Balaban J connectivity index is 1.29. The average Bonchev–Trinajstić information content (AvgIpc) is 3.17. The van der Waals surface area contributed by atoms with Crippen LogP contribution in [0.5, 0.6) is 0 Å². The summed E-state index contributed by atoms with van der Waals surface area (Å²) in [6, 6.07) is 10.4. The van der Waals surface area contributed by atoms with Gasteiger partial charge in [0.25, 0.3) is 0 Å². The van der Waals surface area contributed by atoms with Crippen LogP contribution in [0.1, 0.15) is 6.42 Å². The number of carbonyl (C=O) groups excluding carboxylic acids is 2. The number of rotatable bonds is 7. The number of hydrogen-bond donors (Lipinski definition) is 1. The van der Waals surface area contributed by atoms with E-state index < -0.39 is 0 Å². The van der Waals surface area contributed by atoms with E-state index in [4.69, 9.17) is 4.74 Å². The van der Waals surface area contributed by atoms with Crippen LogP contribution in [0, 0.1) is 5.92 Å². The van der Waals surface area contributed by atoms with Crippen LogP contribution in [0.3, 0.4) is 0 Å². The molecule has 6 nitrogen and oxygen atoms in total. The van der Waals surface area contributed by atoms with Gasteiger partial charge in [0.2, 0.25) is 11.8 Å². The summed E-state index contributed by atoms with van der Waals surface area (Å²) >= 11 is 1.39. The van der Waals surface area contributed by atoms with E-state index in [9.17, 15) is 9.59 Å². The zero-order valence-electron chi connectivity index (χ0n) is 15.1. The van der Waals surface area contributed by atoms with Gasteiger partial charge in [-0.25, -0.2) is 0 Å². The molecule has 0 saturated carbocycles. The molecule has 142 valence electrons. The lowest BCUT2D eigenvalue weighted by molar-refractivity contribution is -0.132. The van der Waals surface area contributed by atoms with Gasteiger partial charge in [-0.3, -0.25) is 9.59 Å². The van der Waals surface area contributed by atoms with Crippen LogP contribution in [-0.4, -0.2) is 74.2 Å². The number of thioether (sulfide) groups is 1. The molecule has 2 fully saturated rings. The molecule has 1 atom stereocenters. The topological polar surface area (TPSA) is 61.9 Å². The number of anilines is 1. The number of hydrogen-bond acceptors (Lipinski definition) is 5. The summed E-state index contributed by atoms with van der Waals surface area (Å²) in [4.78, 5) is 28.2. The molecule has 1 unspecified atom stereocenters. The fourth-order valence-electron chi connectivity index (χ4n) is 3.32. The summed E-state index contributed by atoms with van der Waals surface area (Å²) in [7, 11) is 0. The molecular formula is C19H27N3O3S. The minimum absolute atomic E-state index is 0.0166. The highest BCUT2D eigenvalue weighted by atomic mass is 32.2. The van der Waals surface area contributed by atoms with E-state index in [-0.39, 0.29) is 11.8 Å². The number of carbonyl (C=O) groups is 2. The first kappa shape index (κ1) is 19.0. The van der Waals surface area contributed by atoms with Crippen molar-refractivity contribution in [3.8, 4) is 0 Å². The molecule has 2 amide bonds. The quantitative estimate of drug-likeness (QED) is 0.774. The number of nitrogens with zero attached hydrogens (tertiary/aromatic N) is 2. The maximum absolute atomic E-state index is 12.0. The lowest BCUT2D eigenvalue weighted by Gasteiger charge is -2.26. The number of benzene rings is 1. The number of nitrogens with one attached hydrogen (secondary N) is 1. The summed E-state index contributed by atoms with van der Waals surface area (Å²) < 4.78 is 5.24. The molecule has 1 N–H and O–H groups in total. The molecule has 3 rings (SSSR count). The maximum Gasteiger partial charge on any atom is 0.232 e. The monoisotopic (exact) mass is 377 g/mol. The molecule has 2 aliphatic heterocycles. The Morgan fingerprint density at radius 3 is 2.65 bits per heavy atom.